The van der Waals surface area contributed by atoms with Gasteiger partial charge in [-0.05, 0) is 49.6 Å². The number of amides is 1. The van der Waals surface area contributed by atoms with Gasteiger partial charge in [-0.1, -0.05) is 18.2 Å². The second-order valence-corrected chi connectivity index (χ2v) is 8.04. The largest absolute Gasteiger partial charge is 0.505 e. The van der Waals surface area contributed by atoms with Crippen molar-refractivity contribution in [3.63, 3.8) is 0 Å². The zero-order valence-corrected chi connectivity index (χ0v) is 19.2. The van der Waals surface area contributed by atoms with Gasteiger partial charge < -0.3 is 23.9 Å². The molecule has 2 aromatic heterocycles. The molecule has 1 unspecified atom stereocenters. The summed E-state index contributed by atoms with van der Waals surface area (Å²) in [5.74, 6) is -0.990. The molecule has 1 aliphatic heterocycles. The summed E-state index contributed by atoms with van der Waals surface area (Å²) in [6, 6.07) is 10.2. The van der Waals surface area contributed by atoms with E-state index in [-0.39, 0.29) is 17.0 Å². The number of aliphatic hydroxyl groups excluding tert-OH is 1. The van der Waals surface area contributed by atoms with Crippen LogP contribution in [0.2, 0.25) is 0 Å². The number of carbonyl (C=O) groups is 2. The summed E-state index contributed by atoms with van der Waals surface area (Å²) in [5.41, 5.74) is 3.33. The average Bonchev–Trinajstić information content (AvgIpc) is 3.29. The van der Waals surface area contributed by atoms with Crippen molar-refractivity contribution in [3.05, 3.63) is 70.7 Å². The maximum absolute atomic E-state index is 13.2. The molecular formula is C25H27N3O5. The van der Waals surface area contributed by atoms with Crippen LogP contribution in [0.1, 0.15) is 35.0 Å². The topological polar surface area (TPSA) is 93.4 Å². The number of nitrogens with zero attached hydrogens (tertiary/aromatic N) is 3. The lowest BCUT2D eigenvalue weighted by Crippen LogP contribution is -2.31. The van der Waals surface area contributed by atoms with Crippen molar-refractivity contribution in [1.82, 2.24) is 14.3 Å². The lowest BCUT2D eigenvalue weighted by Gasteiger charge is -2.25. The minimum absolute atomic E-state index is 0.0340. The highest BCUT2D eigenvalue weighted by molar-refractivity contribution is 6.46. The Balaban J connectivity index is 1.88. The van der Waals surface area contributed by atoms with Crippen LogP contribution in [0.3, 0.4) is 0 Å². The lowest BCUT2D eigenvalue weighted by molar-refractivity contribution is -0.140. The molecule has 1 amide bonds. The first kappa shape index (κ1) is 22.5. The molecule has 1 N–H and O–H groups in total. The number of imidazole rings is 1. The van der Waals surface area contributed by atoms with Crippen molar-refractivity contribution >= 4 is 23.1 Å². The normalized spacial score (nSPS) is 17.8. The highest BCUT2D eigenvalue weighted by Crippen LogP contribution is 2.40. The number of methoxy groups -OCH3 is 2. The third-order valence-electron chi connectivity index (χ3n) is 6.03. The first-order chi connectivity index (χ1) is 15.9. The molecule has 1 aliphatic rings. The van der Waals surface area contributed by atoms with Gasteiger partial charge in [0.25, 0.3) is 11.7 Å². The zero-order chi connectivity index (χ0) is 23.7. The van der Waals surface area contributed by atoms with Crippen molar-refractivity contribution in [2.45, 2.75) is 26.3 Å². The van der Waals surface area contributed by atoms with Gasteiger partial charge in [-0.2, -0.15) is 0 Å². The number of aliphatic hydroxyl groups is 1. The minimum Gasteiger partial charge on any atom is -0.505 e. The molecule has 0 spiro atoms. The molecule has 0 bridgehead atoms. The second-order valence-electron chi connectivity index (χ2n) is 8.04. The minimum atomic E-state index is -0.738. The van der Waals surface area contributed by atoms with Gasteiger partial charge in [-0.25, -0.2) is 4.98 Å². The molecule has 0 saturated carbocycles. The van der Waals surface area contributed by atoms with Crippen LogP contribution in [0.25, 0.3) is 11.4 Å². The number of carbonyl (C=O) groups excluding carboxylic acids is 2. The van der Waals surface area contributed by atoms with Gasteiger partial charge in [-0.3, -0.25) is 9.59 Å². The number of aryl methyl sites for hydroxylation is 2. The Hall–Kier alpha value is -3.65. The fourth-order valence-corrected chi connectivity index (χ4v) is 4.30. The van der Waals surface area contributed by atoms with E-state index in [4.69, 9.17) is 9.47 Å². The fourth-order valence-electron chi connectivity index (χ4n) is 4.30. The monoisotopic (exact) mass is 449 g/mol. The van der Waals surface area contributed by atoms with Crippen LogP contribution in [-0.4, -0.2) is 58.5 Å². The Morgan fingerprint density at radius 1 is 1.12 bits per heavy atom. The van der Waals surface area contributed by atoms with Gasteiger partial charge in [0.1, 0.15) is 17.1 Å². The summed E-state index contributed by atoms with van der Waals surface area (Å²) < 4.78 is 12.2. The number of fused-ring (bicyclic) bond motifs is 1. The molecule has 1 fully saturated rings. The number of hydrogen-bond acceptors (Lipinski definition) is 6. The van der Waals surface area contributed by atoms with Crippen molar-refractivity contribution in [2.24, 2.45) is 0 Å². The smallest absolute Gasteiger partial charge is 0.295 e. The third kappa shape index (κ3) is 3.87. The Morgan fingerprint density at radius 2 is 1.85 bits per heavy atom. The predicted molar refractivity (Wildman–Crippen MR) is 123 cm³/mol. The van der Waals surface area contributed by atoms with Crippen LogP contribution in [0, 0.1) is 13.8 Å². The number of ketones is 1. The van der Waals surface area contributed by atoms with Gasteiger partial charge in [-0.15, -0.1) is 0 Å². The molecule has 8 nitrogen and oxygen atoms in total. The van der Waals surface area contributed by atoms with Gasteiger partial charge in [0.2, 0.25) is 0 Å². The Bertz CT molecular complexity index is 1240. The summed E-state index contributed by atoms with van der Waals surface area (Å²) in [6.07, 6.45) is 2.41. The molecule has 1 atom stereocenters. The SMILES string of the molecule is COCCCN1C(=O)C(=O)C(=C(O)c2nc3c(C)cccn3c2C)C1c1ccc(OC)cc1. The molecule has 3 heterocycles. The molecular weight excluding hydrogens is 422 g/mol. The van der Waals surface area contributed by atoms with Crippen LogP contribution in [0.5, 0.6) is 5.75 Å². The molecule has 8 heteroatoms. The van der Waals surface area contributed by atoms with E-state index in [1.807, 2.05) is 36.6 Å². The third-order valence-corrected chi connectivity index (χ3v) is 6.03. The van der Waals surface area contributed by atoms with Crippen LogP contribution in [0.4, 0.5) is 0 Å². The number of pyridine rings is 1. The Morgan fingerprint density at radius 3 is 2.48 bits per heavy atom. The average molecular weight is 450 g/mol. The number of likely N-dealkylation sites (tertiary alicyclic amines) is 1. The van der Waals surface area contributed by atoms with Gasteiger partial charge in [0, 0.05) is 26.5 Å². The molecule has 33 heavy (non-hydrogen) atoms. The molecule has 172 valence electrons. The Labute approximate surface area is 192 Å². The molecule has 1 aromatic carbocycles. The number of hydrogen-bond donors (Lipinski definition) is 1. The number of Topliss-reactive ketones (excluding diaryl/α,β-unsaturated/α-hetero) is 1. The van der Waals surface area contributed by atoms with E-state index in [1.165, 1.54) is 4.90 Å². The molecule has 0 radical (unpaired) electrons. The summed E-state index contributed by atoms with van der Waals surface area (Å²) in [4.78, 5) is 32.3. The van der Waals surface area contributed by atoms with Crippen LogP contribution < -0.4 is 4.74 Å². The first-order valence-corrected chi connectivity index (χ1v) is 10.7. The van der Waals surface area contributed by atoms with Crippen molar-refractivity contribution in [3.8, 4) is 5.75 Å². The second kappa shape index (κ2) is 9.07. The van der Waals surface area contributed by atoms with E-state index in [1.54, 1.807) is 38.5 Å². The summed E-state index contributed by atoms with van der Waals surface area (Å²) in [6.45, 7) is 4.52. The van der Waals surface area contributed by atoms with Crippen molar-refractivity contribution in [2.75, 3.05) is 27.4 Å². The molecule has 1 saturated heterocycles. The number of rotatable bonds is 7. The number of aromatic nitrogens is 2. The van der Waals surface area contributed by atoms with E-state index in [2.05, 4.69) is 4.98 Å². The molecule has 4 rings (SSSR count). The highest BCUT2D eigenvalue weighted by Gasteiger charge is 2.46. The maximum atomic E-state index is 13.2. The van der Waals surface area contributed by atoms with Crippen molar-refractivity contribution in [1.29, 1.82) is 0 Å². The van der Waals surface area contributed by atoms with Gasteiger partial charge in [0.05, 0.1) is 24.4 Å². The van der Waals surface area contributed by atoms with Crippen LogP contribution in [-0.2, 0) is 14.3 Å². The quantitative estimate of drug-likeness (QED) is 0.257. The predicted octanol–water partition coefficient (Wildman–Crippen LogP) is 3.42. The van der Waals surface area contributed by atoms with Crippen LogP contribution >= 0.6 is 0 Å². The fraction of sp³-hybridized carbons (Fsp3) is 0.320. The van der Waals surface area contributed by atoms with Gasteiger partial charge in [0.15, 0.2) is 5.76 Å². The van der Waals surface area contributed by atoms with Crippen LogP contribution in [0.15, 0.2) is 48.2 Å². The van der Waals surface area contributed by atoms with E-state index in [9.17, 15) is 14.7 Å². The van der Waals surface area contributed by atoms with E-state index < -0.39 is 17.7 Å². The summed E-state index contributed by atoms with van der Waals surface area (Å²) in [7, 11) is 3.16. The van der Waals surface area contributed by atoms with Crippen molar-refractivity contribution < 1.29 is 24.2 Å². The first-order valence-electron chi connectivity index (χ1n) is 10.7. The standard InChI is InChI=1S/C25H27N3O5/c1-15-7-5-12-27-16(2)20(26-24(15)27)22(29)19-21(17-8-10-18(33-4)11-9-17)28(13-6-14-32-3)25(31)23(19)30/h5,7-12,21,29H,6,13-14H2,1-4H3. The lowest BCUT2D eigenvalue weighted by atomic mass is 9.96. The van der Waals surface area contributed by atoms with Gasteiger partial charge >= 0.3 is 0 Å². The molecule has 3 aromatic rings. The molecule has 0 aliphatic carbocycles. The number of benzene rings is 1. The highest BCUT2D eigenvalue weighted by atomic mass is 16.5. The Kier molecular flexibility index (Phi) is 6.20. The summed E-state index contributed by atoms with van der Waals surface area (Å²) in [5, 5.41) is 11.4. The van der Waals surface area contributed by atoms with E-state index in [0.29, 0.717) is 42.2 Å². The maximum Gasteiger partial charge on any atom is 0.295 e. The van der Waals surface area contributed by atoms with E-state index in [0.717, 1.165) is 5.56 Å². The van der Waals surface area contributed by atoms with E-state index >= 15 is 0 Å². The summed E-state index contributed by atoms with van der Waals surface area (Å²) >= 11 is 0. The number of ether oxygens (including phenoxy) is 2. The zero-order valence-electron chi connectivity index (χ0n) is 19.2.